The zero-order valence-electron chi connectivity index (χ0n) is 5.20. The van der Waals surface area contributed by atoms with E-state index in [2.05, 4.69) is 4.98 Å². The lowest BCUT2D eigenvalue weighted by Crippen LogP contribution is -2.11. The number of rotatable bonds is 2. The molecule has 0 aliphatic heterocycles. The number of aromatic nitrogens is 1. The molecule has 1 heterocycles. The highest BCUT2D eigenvalue weighted by molar-refractivity contribution is 7.17. The quantitative estimate of drug-likeness (QED) is 0.586. The van der Waals surface area contributed by atoms with E-state index in [-0.39, 0.29) is 12.3 Å². The molecule has 0 aromatic carbocycles. The second-order valence-corrected chi connectivity index (χ2v) is 2.75. The summed E-state index contributed by atoms with van der Waals surface area (Å²) >= 11 is 1.16. The van der Waals surface area contributed by atoms with Crippen molar-refractivity contribution in [2.24, 2.45) is 5.73 Å². The summed E-state index contributed by atoms with van der Waals surface area (Å²) in [4.78, 5) is 15.0. The van der Waals surface area contributed by atoms with Gasteiger partial charge in [-0.1, -0.05) is 11.3 Å². The first-order chi connectivity index (χ1) is 4.74. The van der Waals surface area contributed by atoms with Gasteiger partial charge in [0.25, 0.3) is 0 Å². The third kappa shape index (κ3) is 1.31. The summed E-state index contributed by atoms with van der Waals surface area (Å²) in [7, 11) is 0. The van der Waals surface area contributed by atoms with Crippen LogP contribution in [0, 0.1) is 0 Å². The summed E-state index contributed by atoms with van der Waals surface area (Å²) in [6, 6.07) is 0. The zero-order valence-corrected chi connectivity index (χ0v) is 6.02. The zero-order chi connectivity index (χ0) is 7.56. The van der Waals surface area contributed by atoms with Crippen molar-refractivity contribution >= 4 is 22.3 Å². The molecule has 0 saturated heterocycles. The predicted octanol–water partition coefficient (Wildman–Crippen LogP) is -0.133. The van der Waals surface area contributed by atoms with E-state index in [9.17, 15) is 4.79 Å². The number of thiazole rings is 1. The van der Waals surface area contributed by atoms with E-state index in [1.165, 1.54) is 6.20 Å². The second kappa shape index (κ2) is 2.76. The number of nitrogens with zero attached hydrogens (tertiary/aromatic N) is 1. The predicted molar refractivity (Wildman–Crippen MR) is 39.9 cm³/mol. The Hall–Kier alpha value is -0.940. The first-order valence-electron chi connectivity index (χ1n) is 2.68. The number of carbonyl (C=O) groups excluding carboxylic acids is 1. The molecular weight excluding hydrogens is 150 g/mol. The first-order valence-corrected chi connectivity index (χ1v) is 3.50. The fourth-order valence-electron chi connectivity index (χ4n) is 0.517. The molecule has 0 spiro atoms. The van der Waals surface area contributed by atoms with Gasteiger partial charge in [-0.25, -0.2) is 4.98 Å². The summed E-state index contributed by atoms with van der Waals surface area (Å²) < 4.78 is 0. The summed E-state index contributed by atoms with van der Waals surface area (Å²) in [5.41, 5.74) is 10.4. The van der Waals surface area contributed by atoms with Gasteiger partial charge in [0.1, 0.15) is 0 Å². The Kier molecular flexibility index (Phi) is 1.98. The molecule has 1 aromatic heterocycles. The molecule has 0 aliphatic rings. The van der Waals surface area contributed by atoms with Crippen LogP contribution in [0.2, 0.25) is 0 Å². The van der Waals surface area contributed by atoms with E-state index in [0.29, 0.717) is 10.0 Å². The van der Waals surface area contributed by atoms with Gasteiger partial charge in [0, 0.05) is 0 Å². The third-order valence-electron chi connectivity index (χ3n) is 0.984. The van der Waals surface area contributed by atoms with Gasteiger partial charge >= 0.3 is 0 Å². The van der Waals surface area contributed by atoms with Crippen LogP contribution in [0.1, 0.15) is 9.67 Å². The molecule has 4 N–H and O–H groups in total. The number of Topliss-reactive ketones (excluding diaryl/α,β-unsaturated/α-hetero) is 1. The number of nitrogens with two attached hydrogens (primary N) is 2. The van der Waals surface area contributed by atoms with Crippen molar-refractivity contribution in [2.45, 2.75) is 0 Å². The van der Waals surface area contributed by atoms with Crippen LogP contribution >= 0.6 is 11.3 Å². The third-order valence-corrected chi connectivity index (χ3v) is 1.85. The highest BCUT2D eigenvalue weighted by Gasteiger charge is 2.05. The van der Waals surface area contributed by atoms with Crippen LogP contribution in [0.3, 0.4) is 0 Å². The van der Waals surface area contributed by atoms with Crippen LogP contribution in [0.4, 0.5) is 5.13 Å². The van der Waals surface area contributed by atoms with Crippen molar-refractivity contribution in [3.63, 3.8) is 0 Å². The molecule has 0 unspecified atom stereocenters. The van der Waals surface area contributed by atoms with Gasteiger partial charge in [-0.05, 0) is 0 Å². The normalized spacial score (nSPS) is 9.70. The minimum atomic E-state index is -0.116. The second-order valence-electron chi connectivity index (χ2n) is 1.69. The molecule has 0 radical (unpaired) electrons. The van der Waals surface area contributed by atoms with Gasteiger partial charge < -0.3 is 11.5 Å². The number of nitrogen functional groups attached to an aromatic ring is 1. The molecule has 54 valence electrons. The van der Waals surface area contributed by atoms with Crippen LogP contribution in [0.25, 0.3) is 0 Å². The summed E-state index contributed by atoms with van der Waals surface area (Å²) in [6.45, 7) is 0.0155. The number of ketones is 1. The Morgan fingerprint density at radius 2 is 2.50 bits per heavy atom. The van der Waals surface area contributed by atoms with Gasteiger partial charge in [-0.15, -0.1) is 0 Å². The maximum atomic E-state index is 10.8. The van der Waals surface area contributed by atoms with Gasteiger partial charge in [0.15, 0.2) is 10.9 Å². The lowest BCUT2D eigenvalue weighted by atomic mass is 10.4. The molecule has 10 heavy (non-hydrogen) atoms. The van der Waals surface area contributed by atoms with Crippen LogP contribution < -0.4 is 11.5 Å². The minimum absolute atomic E-state index is 0.0155. The molecule has 5 heteroatoms. The summed E-state index contributed by atoms with van der Waals surface area (Å²) in [5, 5.41) is 0.400. The van der Waals surface area contributed by atoms with Crippen molar-refractivity contribution in [3.05, 3.63) is 11.1 Å². The monoisotopic (exact) mass is 157 g/mol. The Balaban J connectivity index is 2.85. The topological polar surface area (TPSA) is 82.0 Å². The Labute approximate surface area is 61.9 Å². The van der Waals surface area contributed by atoms with Crippen LogP contribution in [-0.4, -0.2) is 17.3 Å². The average Bonchev–Trinajstić information content (AvgIpc) is 2.34. The van der Waals surface area contributed by atoms with Gasteiger partial charge in [-0.3, -0.25) is 4.79 Å². The van der Waals surface area contributed by atoms with Crippen molar-refractivity contribution < 1.29 is 4.79 Å². The SMILES string of the molecule is NCC(=O)c1cnc(N)s1. The van der Waals surface area contributed by atoms with Crippen molar-refractivity contribution in [1.82, 2.24) is 4.98 Å². The lowest BCUT2D eigenvalue weighted by molar-refractivity contribution is 0.100. The van der Waals surface area contributed by atoms with E-state index in [4.69, 9.17) is 11.5 Å². The molecule has 1 rings (SSSR count). The van der Waals surface area contributed by atoms with Gasteiger partial charge in [-0.2, -0.15) is 0 Å². The van der Waals surface area contributed by atoms with Gasteiger partial charge in [0.2, 0.25) is 0 Å². The van der Waals surface area contributed by atoms with Crippen molar-refractivity contribution in [2.75, 3.05) is 12.3 Å². The summed E-state index contributed by atoms with van der Waals surface area (Å²) in [6.07, 6.45) is 1.44. The van der Waals surface area contributed by atoms with E-state index >= 15 is 0 Å². The van der Waals surface area contributed by atoms with Crippen LogP contribution in [0.15, 0.2) is 6.20 Å². The smallest absolute Gasteiger partial charge is 0.187 e. The molecule has 0 bridgehead atoms. The summed E-state index contributed by atoms with van der Waals surface area (Å²) in [5.74, 6) is -0.116. The fourth-order valence-corrected chi connectivity index (χ4v) is 1.15. The molecule has 0 aliphatic carbocycles. The minimum Gasteiger partial charge on any atom is -0.375 e. The maximum absolute atomic E-state index is 10.8. The maximum Gasteiger partial charge on any atom is 0.187 e. The van der Waals surface area contributed by atoms with E-state index in [0.717, 1.165) is 11.3 Å². The van der Waals surface area contributed by atoms with E-state index < -0.39 is 0 Å². The van der Waals surface area contributed by atoms with E-state index in [1.54, 1.807) is 0 Å². The Morgan fingerprint density at radius 3 is 2.90 bits per heavy atom. The van der Waals surface area contributed by atoms with Crippen molar-refractivity contribution in [1.29, 1.82) is 0 Å². The van der Waals surface area contributed by atoms with Crippen LogP contribution in [0.5, 0.6) is 0 Å². The molecule has 0 saturated carbocycles. The highest BCUT2D eigenvalue weighted by Crippen LogP contribution is 2.13. The average molecular weight is 157 g/mol. The molecule has 0 amide bonds. The van der Waals surface area contributed by atoms with Gasteiger partial charge in [0.05, 0.1) is 17.6 Å². The standard InChI is InChI=1S/C5H7N3OS/c6-1-3(9)4-2-8-5(7)10-4/h2H,1,6H2,(H2,7,8). The fraction of sp³-hybridized carbons (Fsp3) is 0.200. The molecule has 1 aromatic rings. The molecule has 0 atom stereocenters. The Morgan fingerprint density at radius 1 is 1.80 bits per heavy atom. The van der Waals surface area contributed by atoms with Crippen molar-refractivity contribution in [3.8, 4) is 0 Å². The van der Waals surface area contributed by atoms with E-state index in [1.807, 2.05) is 0 Å². The number of anilines is 1. The van der Waals surface area contributed by atoms with Crippen LogP contribution in [-0.2, 0) is 0 Å². The highest BCUT2D eigenvalue weighted by atomic mass is 32.1. The molecule has 0 fully saturated rings. The number of hydrogen-bond acceptors (Lipinski definition) is 5. The Bertz CT molecular complexity index is 245. The first kappa shape index (κ1) is 7.17. The molecule has 4 nitrogen and oxygen atoms in total. The molecular formula is C5H7N3OS. The number of hydrogen-bond donors (Lipinski definition) is 2. The largest absolute Gasteiger partial charge is 0.375 e. The number of carbonyl (C=O) groups is 1. The lowest BCUT2D eigenvalue weighted by Gasteiger charge is -1.86.